The van der Waals surface area contributed by atoms with Crippen LogP contribution >= 0.6 is 15.9 Å². The third-order valence-electron chi connectivity index (χ3n) is 3.32. The van der Waals surface area contributed by atoms with Crippen molar-refractivity contribution in [3.05, 3.63) is 46.1 Å². The van der Waals surface area contributed by atoms with E-state index in [1.807, 2.05) is 57.0 Å². The largest absolute Gasteiger partial charge is 0.338 e. The Hall–Kier alpha value is -1.66. The predicted octanol–water partition coefficient (Wildman–Crippen LogP) is 3.81. The minimum atomic E-state index is -0.124. The first kappa shape index (κ1) is 17.7. The van der Waals surface area contributed by atoms with Gasteiger partial charge in [-0.25, -0.2) is 0 Å². The summed E-state index contributed by atoms with van der Waals surface area (Å²) < 4.78 is 6.21. The Labute approximate surface area is 145 Å². The number of aromatic nitrogens is 1. The van der Waals surface area contributed by atoms with Crippen molar-refractivity contribution in [2.75, 3.05) is 18.9 Å². The number of benzene rings is 1. The first-order valence-electron chi connectivity index (χ1n) is 7.44. The topological polar surface area (TPSA) is 58.4 Å². The fraction of sp³-hybridized carbons (Fsp3) is 0.412. The Morgan fingerprint density at radius 3 is 2.52 bits per heavy atom. The third kappa shape index (κ3) is 5.48. The van der Waals surface area contributed by atoms with Gasteiger partial charge in [-0.3, -0.25) is 15.0 Å². The molecule has 1 N–H and O–H groups in total. The minimum absolute atomic E-state index is 0.106. The van der Waals surface area contributed by atoms with Gasteiger partial charge < -0.3 is 4.52 Å². The molecule has 23 heavy (non-hydrogen) atoms. The molecule has 2 rings (SSSR count). The number of carbonyl (C=O) groups is 1. The van der Waals surface area contributed by atoms with Crippen LogP contribution in [0.25, 0.3) is 0 Å². The highest BCUT2D eigenvalue weighted by Crippen LogP contribution is 2.23. The molecule has 0 aliphatic rings. The van der Waals surface area contributed by atoms with Gasteiger partial charge in [-0.1, -0.05) is 54.0 Å². The Morgan fingerprint density at radius 2 is 1.96 bits per heavy atom. The predicted molar refractivity (Wildman–Crippen MR) is 94.3 cm³/mol. The van der Waals surface area contributed by atoms with Gasteiger partial charge >= 0.3 is 0 Å². The van der Waals surface area contributed by atoms with Crippen molar-refractivity contribution in [3.63, 3.8) is 0 Å². The van der Waals surface area contributed by atoms with E-state index in [1.165, 1.54) is 0 Å². The first-order valence-corrected chi connectivity index (χ1v) is 8.23. The third-order valence-corrected chi connectivity index (χ3v) is 3.85. The number of hydrogen-bond donors (Lipinski definition) is 1. The maximum absolute atomic E-state index is 12.1. The summed E-state index contributed by atoms with van der Waals surface area (Å²) >= 11 is 3.41. The zero-order valence-electron chi connectivity index (χ0n) is 13.9. The second-order valence-electron chi connectivity index (χ2n) is 6.67. The van der Waals surface area contributed by atoms with E-state index in [0.717, 1.165) is 15.7 Å². The fourth-order valence-corrected chi connectivity index (χ4v) is 2.33. The van der Waals surface area contributed by atoms with Crippen molar-refractivity contribution >= 4 is 27.7 Å². The first-order chi connectivity index (χ1) is 10.7. The van der Waals surface area contributed by atoms with Crippen molar-refractivity contribution < 1.29 is 9.32 Å². The van der Waals surface area contributed by atoms with Crippen LogP contribution in [-0.2, 0) is 16.8 Å². The number of anilines is 1. The van der Waals surface area contributed by atoms with E-state index in [-0.39, 0.29) is 17.9 Å². The van der Waals surface area contributed by atoms with Crippen LogP contribution < -0.4 is 5.32 Å². The van der Waals surface area contributed by atoms with Crippen molar-refractivity contribution in [2.24, 2.45) is 0 Å². The lowest BCUT2D eigenvalue weighted by Crippen LogP contribution is -2.29. The molecule has 0 aliphatic heterocycles. The van der Waals surface area contributed by atoms with Gasteiger partial charge in [0.05, 0.1) is 12.2 Å². The van der Waals surface area contributed by atoms with Gasteiger partial charge in [0.2, 0.25) is 11.8 Å². The molecule has 1 aromatic heterocycles. The lowest BCUT2D eigenvalue weighted by atomic mass is 9.92. The molecule has 1 amide bonds. The van der Waals surface area contributed by atoms with Gasteiger partial charge in [0.15, 0.2) is 0 Å². The Morgan fingerprint density at radius 1 is 1.30 bits per heavy atom. The van der Waals surface area contributed by atoms with Gasteiger partial charge in [0.25, 0.3) is 0 Å². The van der Waals surface area contributed by atoms with E-state index < -0.39 is 0 Å². The summed E-state index contributed by atoms with van der Waals surface area (Å²) in [6, 6.07) is 9.82. The van der Waals surface area contributed by atoms with Crippen LogP contribution in [0.15, 0.2) is 39.3 Å². The van der Waals surface area contributed by atoms with Crippen molar-refractivity contribution in [3.8, 4) is 0 Å². The summed E-state index contributed by atoms with van der Waals surface area (Å²) in [6.45, 7) is 7.11. The molecule has 6 heteroatoms. The number of halogens is 1. The monoisotopic (exact) mass is 379 g/mol. The van der Waals surface area contributed by atoms with E-state index in [4.69, 9.17) is 4.52 Å². The van der Waals surface area contributed by atoms with E-state index in [9.17, 15) is 4.79 Å². The molecule has 0 spiro atoms. The summed E-state index contributed by atoms with van der Waals surface area (Å²) in [7, 11) is 1.91. The maximum atomic E-state index is 12.1. The Balaban J connectivity index is 1.86. The standard InChI is InChI=1S/C17H22BrN3O2/c1-17(2,3)14-9-16(23-20-14)19-15(22)11-21(4)10-12-5-7-13(18)8-6-12/h5-9H,10-11H2,1-4H3,(H,19,22). The molecular formula is C17H22BrN3O2. The summed E-state index contributed by atoms with van der Waals surface area (Å²) in [4.78, 5) is 14.0. The number of likely N-dealkylation sites (N-methyl/N-ethyl adjacent to an activating group) is 1. The Kier molecular flexibility index (Phi) is 5.59. The van der Waals surface area contributed by atoms with Crippen LogP contribution in [0.3, 0.4) is 0 Å². The molecule has 0 bridgehead atoms. The molecule has 0 radical (unpaired) electrons. The number of rotatable bonds is 5. The van der Waals surface area contributed by atoms with Gasteiger partial charge in [-0.15, -0.1) is 0 Å². The van der Waals surface area contributed by atoms with Gasteiger partial charge in [0, 0.05) is 22.5 Å². The summed E-state index contributed by atoms with van der Waals surface area (Å²) in [5, 5.41) is 6.73. The molecule has 1 heterocycles. The summed E-state index contributed by atoms with van der Waals surface area (Å²) in [5.41, 5.74) is 1.86. The molecular weight excluding hydrogens is 358 g/mol. The minimum Gasteiger partial charge on any atom is -0.338 e. The number of amides is 1. The van der Waals surface area contributed by atoms with Crippen LogP contribution in [0.1, 0.15) is 32.0 Å². The van der Waals surface area contributed by atoms with Crippen LogP contribution in [0.2, 0.25) is 0 Å². The van der Waals surface area contributed by atoms with Gasteiger partial charge in [-0.2, -0.15) is 0 Å². The second-order valence-corrected chi connectivity index (χ2v) is 7.59. The highest BCUT2D eigenvalue weighted by atomic mass is 79.9. The van der Waals surface area contributed by atoms with Crippen LogP contribution in [-0.4, -0.2) is 29.6 Å². The molecule has 0 unspecified atom stereocenters. The molecule has 124 valence electrons. The number of nitrogens with one attached hydrogen (secondary N) is 1. The number of nitrogens with zero attached hydrogens (tertiary/aromatic N) is 2. The molecule has 0 aliphatic carbocycles. The average molecular weight is 380 g/mol. The molecule has 5 nitrogen and oxygen atoms in total. The lowest BCUT2D eigenvalue weighted by Gasteiger charge is -2.15. The van der Waals surface area contributed by atoms with E-state index in [1.54, 1.807) is 6.07 Å². The molecule has 2 aromatic rings. The lowest BCUT2D eigenvalue weighted by molar-refractivity contribution is -0.117. The Bertz CT molecular complexity index is 659. The second kappa shape index (κ2) is 7.27. The van der Waals surface area contributed by atoms with Gasteiger partial charge in [-0.05, 0) is 24.7 Å². The van der Waals surface area contributed by atoms with E-state index in [2.05, 4.69) is 26.4 Å². The normalized spacial score (nSPS) is 11.7. The zero-order valence-corrected chi connectivity index (χ0v) is 15.5. The van der Waals surface area contributed by atoms with Crippen LogP contribution in [0, 0.1) is 0 Å². The van der Waals surface area contributed by atoms with Crippen molar-refractivity contribution in [1.82, 2.24) is 10.1 Å². The quantitative estimate of drug-likeness (QED) is 0.857. The smallest absolute Gasteiger partial charge is 0.240 e. The molecule has 1 aromatic carbocycles. The molecule has 0 saturated heterocycles. The maximum Gasteiger partial charge on any atom is 0.240 e. The number of hydrogen-bond acceptors (Lipinski definition) is 4. The van der Waals surface area contributed by atoms with Gasteiger partial charge in [0.1, 0.15) is 0 Å². The zero-order chi connectivity index (χ0) is 17.0. The molecule has 0 fully saturated rings. The summed E-state index contributed by atoms with van der Waals surface area (Å²) in [6.07, 6.45) is 0. The van der Waals surface area contributed by atoms with Crippen LogP contribution in [0.4, 0.5) is 5.88 Å². The summed E-state index contributed by atoms with van der Waals surface area (Å²) in [5.74, 6) is 0.262. The highest BCUT2D eigenvalue weighted by Gasteiger charge is 2.19. The SMILES string of the molecule is CN(CC(=O)Nc1cc(C(C)(C)C)no1)Cc1ccc(Br)cc1. The van der Waals surface area contributed by atoms with Crippen molar-refractivity contribution in [1.29, 1.82) is 0 Å². The molecule has 0 atom stereocenters. The molecule has 0 saturated carbocycles. The van der Waals surface area contributed by atoms with E-state index in [0.29, 0.717) is 12.4 Å². The van der Waals surface area contributed by atoms with Crippen LogP contribution in [0.5, 0.6) is 0 Å². The highest BCUT2D eigenvalue weighted by molar-refractivity contribution is 9.10. The van der Waals surface area contributed by atoms with E-state index >= 15 is 0 Å². The number of carbonyl (C=O) groups excluding carboxylic acids is 1. The fourth-order valence-electron chi connectivity index (χ4n) is 2.07. The average Bonchev–Trinajstić information content (AvgIpc) is 2.89. The van der Waals surface area contributed by atoms with Crippen molar-refractivity contribution in [2.45, 2.75) is 32.7 Å².